The number of pyridine rings is 1. The molecule has 0 saturated heterocycles. The first-order valence-electron chi connectivity index (χ1n) is 7.80. The summed E-state index contributed by atoms with van der Waals surface area (Å²) < 4.78 is 76.4. The smallest absolute Gasteiger partial charge is 0.257 e. The number of anilines is 1. The van der Waals surface area contributed by atoms with E-state index in [-0.39, 0.29) is 10.7 Å². The van der Waals surface area contributed by atoms with Crippen molar-refractivity contribution < 1.29 is 25.6 Å². The molecule has 2 N–H and O–H groups in total. The van der Waals surface area contributed by atoms with Gasteiger partial charge in [0.15, 0.2) is 0 Å². The molecule has 0 atom stereocenters. The minimum atomic E-state index is -4.27. The highest BCUT2D eigenvalue weighted by molar-refractivity contribution is 7.89. The van der Waals surface area contributed by atoms with Crippen molar-refractivity contribution >= 4 is 25.9 Å². The highest BCUT2D eigenvalue weighted by atomic mass is 32.2. The first-order valence-corrected chi connectivity index (χ1v) is 10.7. The topological polar surface area (TPSA) is 108 Å². The van der Waals surface area contributed by atoms with E-state index in [1.54, 1.807) is 13.8 Å². The maximum atomic E-state index is 13.2. The van der Waals surface area contributed by atoms with Gasteiger partial charge in [-0.25, -0.2) is 30.6 Å². The zero-order valence-corrected chi connectivity index (χ0v) is 16.1. The monoisotopic (exact) mass is 420 g/mol. The Bertz CT molecular complexity index is 988. The number of hydrogen-bond acceptors (Lipinski definition) is 6. The Hall–Kier alpha value is -2.15. The largest absolute Gasteiger partial charge is 0.292 e. The van der Waals surface area contributed by atoms with Gasteiger partial charge in [-0.2, -0.15) is 4.31 Å². The summed E-state index contributed by atoms with van der Waals surface area (Å²) in [5.41, 5.74) is 2.26. The van der Waals surface area contributed by atoms with Gasteiger partial charge < -0.3 is 0 Å². The molecule has 0 aliphatic heterocycles. The number of halogens is 2. The molecule has 12 heteroatoms. The number of benzene rings is 1. The van der Waals surface area contributed by atoms with Gasteiger partial charge in [-0.05, 0) is 24.3 Å². The summed E-state index contributed by atoms with van der Waals surface area (Å²) in [7, 11) is -7.96. The Morgan fingerprint density at radius 2 is 1.56 bits per heavy atom. The number of hydrogen-bond donors (Lipinski definition) is 2. The Labute approximate surface area is 156 Å². The average Bonchev–Trinajstić information content (AvgIpc) is 2.60. The molecule has 1 aromatic heterocycles. The SMILES string of the molecule is CCN(CC)S(=O)(=O)c1ccc(NNS(=O)(=O)c2cc(F)cc(F)c2)nc1. The lowest BCUT2D eigenvalue weighted by Crippen LogP contribution is -2.31. The van der Waals surface area contributed by atoms with Crippen LogP contribution in [0.4, 0.5) is 14.6 Å². The molecule has 0 spiro atoms. The van der Waals surface area contributed by atoms with E-state index >= 15 is 0 Å². The number of nitrogens with zero attached hydrogens (tertiary/aromatic N) is 2. The molecule has 0 unspecified atom stereocenters. The molecule has 0 aliphatic carbocycles. The lowest BCUT2D eigenvalue weighted by Gasteiger charge is -2.18. The van der Waals surface area contributed by atoms with Crippen LogP contribution in [-0.4, -0.2) is 39.2 Å². The zero-order valence-electron chi connectivity index (χ0n) is 14.5. The summed E-state index contributed by atoms with van der Waals surface area (Å²) in [6, 6.07) is 4.37. The molecular formula is C15H18F2N4O4S2. The molecule has 0 fully saturated rings. The predicted molar refractivity (Wildman–Crippen MR) is 94.6 cm³/mol. The van der Waals surface area contributed by atoms with Crippen LogP contribution in [-0.2, 0) is 20.0 Å². The van der Waals surface area contributed by atoms with Gasteiger partial charge in [0.1, 0.15) is 22.3 Å². The van der Waals surface area contributed by atoms with Gasteiger partial charge in [0.2, 0.25) is 10.0 Å². The van der Waals surface area contributed by atoms with E-state index in [1.807, 2.05) is 4.83 Å². The number of rotatable bonds is 8. The number of aromatic nitrogens is 1. The van der Waals surface area contributed by atoms with E-state index < -0.39 is 36.6 Å². The molecule has 27 heavy (non-hydrogen) atoms. The van der Waals surface area contributed by atoms with Crippen LogP contribution >= 0.6 is 0 Å². The third-order valence-corrected chi connectivity index (χ3v) is 6.80. The first kappa shape index (κ1) is 21.2. The highest BCUT2D eigenvalue weighted by Crippen LogP contribution is 2.17. The summed E-state index contributed by atoms with van der Waals surface area (Å²) in [4.78, 5) is 5.09. The Morgan fingerprint density at radius 3 is 2.04 bits per heavy atom. The van der Waals surface area contributed by atoms with E-state index in [0.29, 0.717) is 31.3 Å². The molecule has 0 saturated carbocycles. The maximum Gasteiger partial charge on any atom is 0.257 e. The van der Waals surface area contributed by atoms with Crippen molar-refractivity contribution in [1.29, 1.82) is 0 Å². The van der Waals surface area contributed by atoms with Crippen LogP contribution in [0.3, 0.4) is 0 Å². The third kappa shape index (κ3) is 4.97. The molecule has 0 bridgehead atoms. The minimum Gasteiger partial charge on any atom is -0.292 e. The molecular weight excluding hydrogens is 402 g/mol. The normalized spacial score (nSPS) is 12.3. The van der Waals surface area contributed by atoms with Crippen molar-refractivity contribution in [2.75, 3.05) is 18.5 Å². The number of hydrazine groups is 1. The zero-order chi connectivity index (χ0) is 20.2. The molecule has 1 aromatic carbocycles. The van der Waals surface area contributed by atoms with Crippen LogP contribution in [0.15, 0.2) is 46.3 Å². The van der Waals surface area contributed by atoms with E-state index in [1.165, 1.54) is 16.4 Å². The fourth-order valence-electron chi connectivity index (χ4n) is 2.18. The maximum absolute atomic E-state index is 13.2. The van der Waals surface area contributed by atoms with Crippen LogP contribution in [0.5, 0.6) is 0 Å². The van der Waals surface area contributed by atoms with Gasteiger partial charge in [-0.3, -0.25) is 5.43 Å². The summed E-state index contributed by atoms with van der Waals surface area (Å²) in [6.07, 6.45) is 1.08. The fraction of sp³-hybridized carbons (Fsp3) is 0.267. The Balaban J connectivity index is 2.15. The second-order valence-electron chi connectivity index (χ2n) is 5.30. The van der Waals surface area contributed by atoms with Crippen LogP contribution in [0, 0.1) is 11.6 Å². The average molecular weight is 420 g/mol. The van der Waals surface area contributed by atoms with Gasteiger partial charge in [-0.15, -0.1) is 4.83 Å². The fourth-order valence-corrected chi connectivity index (χ4v) is 4.48. The van der Waals surface area contributed by atoms with Gasteiger partial charge >= 0.3 is 0 Å². The number of sulfonamides is 2. The molecule has 0 amide bonds. The molecule has 2 aromatic rings. The molecule has 1 heterocycles. The van der Waals surface area contributed by atoms with Gasteiger partial charge in [0.25, 0.3) is 10.0 Å². The molecule has 2 rings (SSSR count). The number of nitrogens with one attached hydrogen (secondary N) is 2. The molecule has 0 radical (unpaired) electrons. The highest BCUT2D eigenvalue weighted by Gasteiger charge is 2.22. The van der Waals surface area contributed by atoms with Crippen LogP contribution in [0.25, 0.3) is 0 Å². The summed E-state index contributed by atoms with van der Waals surface area (Å²) >= 11 is 0. The van der Waals surface area contributed by atoms with Crippen molar-refractivity contribution in [3.63, 3.8) is 0 Å². The Morgan fingerprint density at radius 1 is 0.963 bits per heavy atom. The summed E-state index contributed by atoms with van der Waals surface area (Å²) in [6.45, 7) is 3.99. The minimum absolute atomic E-state index is 0.00560. The second kappa shape index (κ2) is 8.25. The molecule has 8 nitrogen and oxygen atoms in total. The third-order valence-electron chi connectivity index (χ3n) is 3.54. The van der Waals surface area contributed by atoms with Crippen molar-refractivity contribution in [3.8, 4) is 0 Å². The van der Waals surface area contributed by atoms with E-state index in [9.17, 15) is 25.6 Å². The van der Waals surface area contributed by atoms with Crippen LogP contribution in [0.1, 0.15) is 13.8 Å². The Kier molecular flexibility index (Phi) is 6.46. The van der Waals surface area contributed by atoms with E-state index in [0.717, 1.165) is 6.20 Å². The van der Waals surface area contributed by atoms with Gasteiger partial charge in [-0.1, -0.05) is 13.8 Å². The first-order chi connectivity index (χ1) is 12.6. The lowest BCUT2D eigenvalue weighted by molar-refractivity contribution is 0.445. The second-order valence-corrected chi connectivity index (χ2v) is 8.92. The van der Waals surface area contributed by atoms with Crippen molar-refractivity contribution in [2.45, 2.75) is 23.6 Å². The van der Waals surface area contributed by atoms with E-state index in [2.05, 4.69) is 10.4 Å². The van der Waals surface area contributed by atoms with Crippen molar-refractivity contribution in [1.82, 2.24) is 14.1 Å². The molecule has 148 valence electrons. The quantitative estimate of drug-likeness (QED) is 0.630. The summed E-state index contributed by atoms with van der Waals surface area (Å²) in [5, 5.41) is 0. The predicted octanol–water partition coefficient (Wildman–Crippen LogP) is 1.70. The lowest BCUT2D eigenvalue weighted by atomic mass is 10.3. The summed E-state index contributed by atoms with van der Waals surface area (Å²) in [5.74, 6) is -2.09. The van der Waals surface area contributed by atoms with E-state index in [4.69, 9.17) is 0 Å². The van der Waals surface area contributed by atoms with Crippen molar-refractivity contribution in [3.05, 3.63) is 48.2 Å². The molecule has 0 aliphatic rings. The van der Waals surface area contributed by atoms with Crippen LogP contribution < -0.4 is 10.3 Å². The standard InChI is InChI=1S/C15H18F2N4O4S2/c1-3-21(4-2)27(24,25)13-5-6-15(18-10-13)19-20-26(22,23)14-8-11(16)7-12(17)9-14/h5-10,20H,3-4H2,1-2H3,(H,18,19). The van der Waals surface area contributed by atoms with Crippen LogP contribution in [0.2, 0.25) is 0 Å². The van der Waals surface area contributed by atoms with Gasteiger partial charge in [0, 0.05) is 25.4 Å². The van der Waals surface area contributed by atoms with Crippen molar-refractivity contribution in [2.24, 2.45) is 0 Å². The van der Waals surface area contributed by atoms with Gasteiger partial charge in [0.05, 0.1) is 4.90 Å².